The molecular weight excluding hydrogens is 296 g/mol. The molecule has 24 heavy (non-hydrogen) atoms. The van der Waals surface area contributed by atoms with Crippen LogP contribution in [0.1, 0.15) is 30.9 Å². The fraction of sp³-hybridized carbons (Fsp3) is 0.429. The number of nitrogens with two attached hydrogens (primary N) is 1. The third-order valence-electron chi connectivity index (χ3n) is 4.39. The van der Waals surface area contributed by atoms with Crippen LogP contribution in [-0.4, -0.2) is 29.8 Å². The number of benzene rings is 2. The standard InChI is InChI=1S/C21H30N2O/c1-2-9-19(14-17-10-5-3-6-11-17)23-16-21(24)20(22)15-18-12-7-4-8-13-18/h3-8,10-13,19-21,23-24H,2,9,14-16,22H2,1H3/t19?,20-,21-/m0/s1. The Hall–Kier alpha value is -1.68. The molecule has 3 heteroatoms. The van der Waals surface area contributed by atoms with Crippen molar-refractivity contribution in [2.45, 2.75) is 50.8 Å². The molecule has 2 aromatic carbocycles. The van der Waals surface area contributed by atoms with Crippen LogP contribution < -0.4 is 11.1 Å². The van der Waals surface area contributed by atoms with Gasteiger partial charge in [0.05, 0.1) is 6.10 Å². The smallest absolute Gasteiger partial charge is 0.0818 e. The second kappa shape index (κ2) is 10.2. The van der Waals surface area contributed by atoms with Crippen LogP contribution in [0.4, 0.5) is 0 Å². The zero-order valence-corrected chi connectivity index (χ0v) is 14.6. The molecule has 0 spiro atoms. The van der Waals surface area contributed by atoms with E-state index >= 15 is 0 Å². The van der Waals surface area contributed by atoms with E-state index in [9.17, 15) is 5.11 Å². The lowest BCUT2D eigenvalue weighted by atomic mass is 10.00. The summed E-state index contributed by atoms with van der Waals surface area (Å²) in [6.07, 6.45) is 3.35. The first-order valence-electron chi connectivity index (χ1n) is 8.94. The number of nitrogens with one attached hydrogen (secondary N) is 1. The van der Waals surface area contributed by atoms with Crippen molar-refractivity contribution in [3.63, 3.8) is 0 Å². The predicted octanol–water partition coefficient (Wildman–Crippen LogP) is 2.92. The highest BCUT2D eigenvalue weighted by atomic mass is 16.3. The monoisotopic (exact) mass is 326 g/mol. The van der Waals surface area contributed by atoms with Crippen LogP contribution in [0.2, 0.25) is 0 Å². The Balaban J connectivity index is 1.81. The average Bonchev–Trinajstić information content (AvgIpc) is 2.61. The Kier molecular flexibility index (Phi) is 7.96. The van der Waals surface area contributed by atoms with Crippen LogP contribution in [0.15, 0.2) is 60.7 Å². The molecule has 0 amide bonds. The second-order valence-electron chi connectivity index (χ2n) is 6.50. The van der Waals surface area contributed by atoms with Crippen molar-refractivity contribution in [2.75, 3.05) is 6.54 Å². The zero-order chi connectivity index (χ0) is 17.2. The van der Waals surface area contributed by atoms with E-state index in [2.05, 4.69) is 48.6 Å². The largest absolute Gasteiger partial charge is 0.390 e. The highest BCUT2D eigenvalue weighted by molar-refractivity contribution is 5.17. The van der Waals surface area contributed by atoms with Gasteiger partial charge in [0.1, 0.15) is 0 Å². The second-order valence-corrected chi connectivity index (χ2v) is 6.50. The van der Waals surface area contributed by atoms with Gasteiger partial charge in [-0.25, -0.2) is 0 Å². The van der Waals surface area contributed by atoms with E-state index in [1.807, 2.05) is 24.3 Å². The Morgan fingerprint density at radius 2 is 1.46 bits per heavy atom. The third kappa shape index (κ3) is 6.44. The van der Waals surface area contributed by atoms with Crippen molar-refractivity contribution in [3.8, 4) is 0 Å². The van der Waals surface area contributed by atoms with E-state index in [1.54, 1.807) is 0 Å². The van der Waals surface area contributed by atoms with Crippen molar-refractivity contribution >= 4 is 0 Å². The van der Waals surface area contributed by atoms with Crippen LogP contribution in [0.3, 0.4) is 0 Å². The molecule has 0 bridgehead atoms. The lowest BCUT2D eigenvalue weighted by Crippen LogP contribution is -2.46. The molecular formula is C21H30N2O. The molecule has 4 N–H and O–H groups in total. The molecule has 0 aliphatic carbocycles. The van der Waals surface area contributed by atoms with E-state index in [-0.39, 0.29) is 6.04 Å². The average molecular weight is 326 g/mol. The molecule has 3 nitrogen and oxygen atoms in total. The van der Waals surface area contributed by atoms with E-state index < -0.39 is 6.10 Å². The van der Waals surface area contributed by atoms with Gasteiger partial charge in [0.25, 0.3) is 0 Å². The Morgan fingerprint density at radius 1 is 0.917 bits per heavy atom. The lowest BCUT2D eigenvalue weighted by Gasteiger charge is -2.24. The molecule has 1 unspecified atom stereocenters. The fourth-order valence-electron chi connectivity index (χ4n) is 2.98. The summed E-state index contributed by atoms with van der Waals surface area (Å²) in [5.74, 6) is 0. The van der Waals surface area contributed by atoms with Gasteiger partial charge in [-0.05, 0) is 30.4 Å². The normalized spacial score (nSPS) is 15.0. The SMILES string of the molecule is CCCC(Cc1ccccc1)NC[C@H](O)[C@@H](N)Cc1ccccc1. The van der Waals surface area contributed by atoms with Gasteiger partial charge in [-0.3, -0.25) is 0 Å². The van der Waals surface area contributed by atoms with Gasteiger partial charge in [-0.2, -0.15) is 0 Å². The van der Waals surface area contributed by atoms with Crippen LogP contribution in [0.25, 0.3) is 0 Å². The summed E-state index contributed by atoms with van der Waals surface area (Å²) in [5.41, 5.74) is 8.66. The molecule has 0 aliphatic heterocycles. The molecule has 0 saturated heterocycles. The number of aliphatic hydroxyl groups excluding tert-OH is 1. The van der Waals surface area contributed by atoms with Crippen LogP contribution >= 0.6 is 0 Å². The molecule has 0 radical (unpaired) electrons. The van der Waals surface area contributed by atoms with Gasteiger partial charge in [0.15, 0.2) is 0 Å². The maximum atomic E-state index is 10.4. The summed E-state index contributed by atoms with van der Waals surface area (Å²) in [7, 11) is 0. The summed E-state index contributed by atoms with van der Waals surface area (Å²) in [6, 6.07) is 20.7. The molecule has 0 saturated carbocycles. The van der Waals surface area contributed by atoms with Crippen LogP contribution in [0.5, 0.6) is 0 Å². The van der Waals surface area contributed by atoms with Gasteiger partial charge < -0.3 is 16.2 Å². The first kappa shape index (κ1) is 18.7. The van der Waals surface area contributed by atoms with Crippen LogP contribution in [0, 0.1) is 0 Å². The lowest BCUT2D eigenvalue weighted by molar-refractivity contribution is 0.137. The summed E-state index contributed by atoms with van der Waals surface area (Å²) >= 11 is 0. The molecule has 130 valence electrons. The maximum Gasteiger partial charge on any atom is 0.0818 e. The summed E-state index contributed by atoms with van der Waals surface area (Å²) < 4.78 is 0. The minimum atomic E-state index is -0.541. The van der Waals surface area contributed by atoms with Crippen molar-refractivity contribution in [1.29, 1.82) is 0 Å². The van der Waals surface area contributed by atoms with E-state index in [0.29, 0.717) is 19.0 Å². The topological polar surface area (TPSA) is 58.3 Å². The highest BCUT2D eigenvalue weighted by Gasteiger charge is 2.17. The van der Waals surface area contributed by atoms with Crippen molar-refractivity contribution in [2.24, 2.45) is 5.73 Å². The van der Waals surface area contributed by atoms with Gasteiger partial charge in [-0.1, -0.05) is 74.0 Å². The van der Waals surface area contributed by atoms with E-state index in [4.69, 9.17) is 5.73 Å². The van der Waals surface area contributed by atoms with E-state index in [0.717, 1.165) is 19.3 Å². The summed E-state index contributed by atoms with van der Waals surface area (Å²) in [5, 5.41) is 13.9. The number of hydrogen-bond acceptors (Lipinski definition) is 3. The highest BCUT2D eigenvalue weighted by Crippen LogP contribution is 2.09. The first-order valence-corrected chi connectivity index (χ1v) is 8.94. The molecule has 0 heterocycles. The van der Waals surface area contributed by atoms with Crippen molar-refractivity contribution < 1.29 is 5.11 Å². The number of rotatable bonds is 10. The van der Waals surface area contributed by atoms with E-state index in [1.165, 1.54) is 11.1 Å². The molecule has 3 atom stereocenters. The summed E-state index contributed by atoms with van der Waals surface area (Å²) in [4.78, 5) is 0. The quantitative estimate of drug-likeness (QED) is 0.629. The maximum absolute atomic E-state index is 10.4. The molecule has 0 aromatic heterocycles. The van der Waals surface area contributed by atoms with Crippen molar-refractivity contribution in [1.82, 2.24) is 5.32 Å². The Bertz CT molecular complexity index is 559. The van der Waals surface area contributed by atoms with Gasteiger partial charge >= 0.3 is 0 Å². The van der Waals surface area contributed by atoms with Gasteiger partial charge in [-0.15, -0.1) is 0 Å². The number of hydrogen-bond donors (Lipinski definition) is 3. The first-order chi connectivity index (χ1) is 11.7. The minimum Gasteiger partial charge on any atom is -0.390 e. The predicted molar refractivity (Wildman–Crippen MR) is 101 cm³/mol. The summed E-state index contributed by atoms with van der Waals surface area (Å²) in [6.45, 7) is 2.72. The van der Waals surface area contributed by atoms with Gasteiger partial charge in [0, 0.05) is 18.6 Å². The van der Waals surface area contributed by atoms with Crippen molar-refractivity contribution in [3.05, 3.63) is 71.8 Å². The van der Waals surface area contributed by atoms with Crippen LogP contribution in [-0.2, 0) is 12.8 Å². The molecule has 0 fully saturated rings. The minimum absolute atomic E-state index is 0.251. The zero-order valence-electron chi connectivity index (χ0n) is 14.6. The Labute approximate surface area is 145 Å². The Morgan fingerprint density at radius 3 is 2.00 bits per heavy atom. The molecule has 2 aromatic rings. The number of aliphatic hydroxyl groups is 1. The third-order valence-corrected chi connectivity index (χ3v) is 4.39. The van der Waals surface area contributed by atoms with Gasteiger partial charge in [0.2, 0.25) is 0 Å². The molecule has 0 aliphatic rings. The fourth-order valence-corrected chi connectivity index (χ4v) is 2.98. The molecule has 2 rings (SSSR count).